The predicted octanol–water partition coefficient (Wildman–Crippen LogP) is 5.86. The van der Waals surface area contributed by atoms with Crippen molar-refractivity contribution in [1.82, 2.24) is 0 Å². The molecule has 0 saturated carbocycles. The highest BCUT2D eigenvalue weighted by Gasteiger charge is 2.06. The minimum atomic E-state index is -0.280. The fourth-order valence-corrected chi connectivity index (χ4v) is 2.68. The molecule has 0 aliphatic rings. The third-order valence-corrected chi connectivity index (χ3v) is 4.31. The van der Waals surface area contributed by atoms with E-state index in [0.717, 1.165) is 18.4 Å². The van der Waals surface area contributed by atoms with Crippen LogP contribution in [0.15, 0.2) is 24.3 Å². The monoisotopic (exact) mass is 374 g/mol. The summed E-state index contributed by atoms with van der Waals surface area (Å²) in [5, 5.41) is 10.1. The lowest BCUT2D eigenvalue weighted by Crippen LogP contribution is -1.97. The smallest absolute Gasteiger partial charge is 0.0790 e. The Morgan fingerprint density at radius 1 is 0.895 bits per heavy atom. The molecule has 1 rings (SSSR count). The Morgan fingerprint density at radius 2 is 1.42 bits per heavy atom. The van der Waals surface area contributed by atoms with Gasteiger partial charge in [-0.2, -0.15) is 0 Å². The third-order valence-electron chi connectivity index (χ3n) is 3.59. The molecule has 0 spiro atoms. The molecular formula is C17H27IO. The molecule has 1 nitrogen and oxygen atoms in total. The number of unbranched alkanes of at least 4 members (excludes halogenated alkanes) is 7. The van der Waals surface area contributed by atoms with Crippen molar-refractivity contribution in [3.05, 3.63) is 33.4 Å². The molecule has 1 aromatic carbocycles. The van der Waals surface area contributed by atoms with Crippen LogP contribution in [-0.2, 0) is 0 Å². The lowest BCUT2D eigenvalue weighted by atomic mass is 10.0. The SMILES string of the molecule is CCCCCCCCCCC(O)c1ccc(I)cc1. The maximum Gasteiger partial charge on any atom is 0.0790 e. The van der Waals surface area contributed by atoms with Crippen LogP contribution in [0.2, 0.25) is 0 Å². The van der Waals surface area contributed by atoms with Crippen molar-refractivity contribution < 1.29 is 5.11 Å². The highest BCUT2D eigenvalue weighted by Crippen LogP contribution is 2.21. The van der Waals surface area contributed by atoms with Crippen LogP contribution in [0.5, 0.6) is 0 Å². The summed E-state index contributed by atoms with van der Waals surface area (Å²) in [4.78, 5) is 0. The molecule has 0 radical (unpaired) electrons. The van der Waals surface area contributed by atoms with E-state index in [1.165, 1.54) is 48.5 Å². The first-order chi connectivity index (χ1) is 9.24. The predicted molar refractivity (Wildman–Crippen MR) is 91.3 cm³/mol. The number of benzene rings is 1. The van der Waals surface area contributed by atoms with Gasteiger partial charge in [-0.25, -0.2) is 0 Å². The zero-order valence-corrected chi connectivity index (χ0v) is 14.2. The normalized spacial score (nSPS) is 12.6. The fourth-order valence-electron chi connectivity index (χ4n) is 2.32. The van der Waals surface area contributed by atoms with Crippen molar-refractivity contribution in [3.63, 3.8) is 0 Å². The number of aliphatic hydroxyl groups is 1. The Balaban J connectivity index is 2.04. The molecule has 0 aliphatic carbocycles. The van der Waals surface area contributed by atoms with Crippen LogP contribution < -0.4 is 0 Å². The third kappa shape index (κ3) is 7.93. The average Bonchev–Trinajstić information content (AvgIpc) is 2.42. The maximum absolute atomic E-state index is 10.1. The molecule has 2 heteroatoms. The molecule has 1 unspecified atom stereocenters. The van der Waals surface area contributed by atoms with E-state index in [1.54, 1.807) is 0 Å². The number of rotatable bonds is 10. The summed E-state index contributed by atoms with van der Waals surface area (Å²) >= 11 is 2.29. The van der Waals surface area contributed by atoms with Gasteiger partial charge in [-0.1, -0.05) is 70.4 Å². The number of halogens is 1. The van der Waals surface area contributed by atoms with E-state index in [2.05, 4.69) is 41.6 Å². The van der Waals surface area contributed by atoms with Crippen LogP contribution in [0, 0.1) is 3.57 Å². The minimum absolute atomic E-state index is 0.280. The second kappa shape index (κ2) is 10.7. The van der Waals surface area contributed by atoms with Gasteiger partial charge in [0.2, 0.25) is 0 Å². The summed E-state index contributed by atoms with van der Waals surface area (Å²) in [5.41, 5.74) is 1.06. The molecule has 0 bridgehead atoms. The molecule has 0 aromatic heterocycles. The van der Waals surface area contributed by atoms with Gasteiger partial charge in [0.1, 0.15) is 0 Å². The minimum Gasteiger partial charge on any atom is -0.388 e. The standard InChI is InChI=1S/C17H27IO/c1-2-3-4-5-6-7-8-9-10-17(19)15-11-13-16(18)14-12-15/h11-14,17,19H,2-10H2,1H3. The first-order valence-corrected chi connectivity index (χ1v) is 8.75. The van der Waals surface area contributed by atoms with E-state index in [4.69, 9.17) is 0 Å². The molecule has 0 heterocycles. The highest BCUT2D eigenvalue weighted by atomic mass is 127. The quantitative estimate of drug-likeness (QED) is 0.402. The summed E-state index contributed by atoms with van der Waals surface area (Å²) in [6.07, 6.45) is 11.2. The zero-order chi connectivity index (χ0) is 13.9. The van der Waals surface area contributed by atoms with Crippen molar-refractivity contribution >= 4 is 22.6 Å². The van der Waals surface area contributed by atoms with Gasteiger partial charge >= 0.3 is 0 Å². The number of hydrogen-bond acceptors (Lipinski definition) is 1. The van der Waals surface area contributed by atoms with Gasteiger partial charge < -0.3 is 5.11 Å². The van der Waals surface area contributed by atoms with Crippen LogP contribution in [0.1, 0.15) is 76.4 Å². The van der Waals surface area contributed by atoms with Crippen molar-refractivity contribution in [2.75, 3.05) is 0 Å². The van der Waals surface area contributed by atoms with Gasteiger partial charge in [0.05, 0.1) is 6.10 Å². The highest BCUT2D eigenvalue weighted by molar-refractivity contribution is 14.1. The van der Waals surface area contributed by atoms with Crippen molar-refractivity contribution in [3.8, 4) is 0 Å². The molecule has 19 heavy (non-hydrogen) atoms. The van der Waals surface area contributed by atoms with Gasteiger partial charge in [0, 0.05) is 3.57 Å². The topological polar surface area (TPSA) is 20.2 Å². The summed E-state index contributed by atoms with van der Waals surface area (Å²) in [6, 6.07) is 8.20. The Kier molecular flexibility index (Phi) is 9.52. The Labute approximate surface area is 132 Å². The lowest BCUT2D eigenvalue weighted by Gasteiger charge is -2.10. The molecule has 1 atom stereocenters. The van der Waals surface area contributed by atoms with Crippen LogP contribution >= 0.6 is 22.6 Å². The van der Waals surface area contributed by atoms with Crippen molar-refractivity contribution in [2.45, 2.75) is 70.8 Å². The van der Waals surface area contributed by atoms with Gasteiger partial charge in [0.25, 0.3) is 0 Å². The van der Waals surface area contributed by atoms with E-state index >= 15 is 0 Å². The van der Waals surface area contributed by atoms with E-state index < -0.39 is 0 Å². The molecule has 0 saturated heterocycles. The molecule has 108 valence electrons. The Hall–Kier alpha value is -0.0900. The van der Waals surface area contributed by atoms with Gasteiger partial charge in [-0.3, -0.25) is 0 Å². The Morgan fingerprint density at radius 3 is 2.00 bits per heavy atom. The second-order valence-electron chi connectivity index (χ2n) is 5.33. The fraction of sp³-hybridized carbons (Fsp3) is 0.647. The van der Waals surface area contributed by atoms with Crippen LogP contribution in [-0.4, -0.2) is 5.11 Å². The van der Waals surface area contributed by atoms with E-state index in [0.29, 0.717) is 0 Å². The Bertz CT molecular complexity index is 321. The van der Waals surface area contributed by atoms with Crippen LogP contribution in [0.4, 0.5) is 0 Å². The second-order valence-corrected chi connectivity index (χ2v) is 6.58. The number of aliphatic hydroxyl groups excluding tert-OH is 1. The van der Waals surface area contributed by atoms with Gasteiger partial charge in [-0.05, 0) is 46.7 Å². The summed E-state index contributed by atoms with van der Waals surface area (Å²) in [6.45, 7) is 2.26. The zero-order valence-electron chi connectivity index (χ0n) is 12.1. The van der Waals surface area contributed by atoms with E-state index in [-0.39, 0.29) is 6.10 Å². The van der Waals surface area contributed by atoms with Crippen molar-refractivity contribution in [1.29, 1.82) is 0 Å². The summed E-state index contributed by atoms with van der Waals surface area (Å²) < 4.78 is 1.22. The van der Waals surface area contributed by atoms with Gasteiger partial charge in [-0.15, -0.1) is 0 Å². The number of hydrogen-bond donors (Lipinski definition) is 1. The molecule has 0 aliphatic heterocycles. The summed E-state index contributed by atoms with van der Waals surface area (Å²) in [5.74, 6) is 0. The van der Waals surface area contributed by atoms with E-state index in [1.807, 2.05) is 12.1 Å². The lowest BCUT2D eigenvalue weighted by molar-refractivity contribution is 0.163. The van der Waals surface area contributed by atoms with Gasteiger partial charge in [0.15, 0.2) is 0 Å². The molecule has 1 aromatic rings. The first-order valence-electron chi connectivity index (χ1n) is 7.67. The summed E-state index contributed by atoms with van der Waals surface area (Å²) in [7, 11) is 0. The largest absolute Gasteiger partial charge is 0.388 e. The average molecular weight is 374 g/mol. The van der Waals surface area contributed by atoms with Crippen LogP contribution in [0.25, 0.3) is 0 Å². The maximum atomic E-state index is 10.1. The molecule has 1 N–H and O–H groups in total. The molecular weight excluding hydrogens is 347 g/mol. The van der Waals surface area contributed by atoms with Crippen molar-refractivity contribution in [2.24, 2.45) is 0 Å². The van der Waals surface area contributed by atoms with E-state index in [9.17, 15) is 5.11 Å². The molecule has 0 amide bonds. The molecule has 0 fully saturated rings. The van der Waals surface area contributed by atoms with Crippen LogP contribution in [0.3, 0.4) is 0 Å². The first kappa shape index (κ1) is 17.0.